The van der Waals surface area contributed by atoms with Crippen molar-refractivity contribution in [1.29, 1.82) is 0 Å². The molecule has 1 aromatic heterocycles. The molecule has 5 rings (SSSR count). The summed E-state index contributed by atoms with van der Waals surface area (Å²) >= 11 is 0. The maximum absolute atomic E-state index is 12.3. The maximum atomic E-state index is 12.3. The third-order valence-electron chi connectivity index (χ3n) is 6.96. The summed E-state index contributed by atoms with van der Waals surface area (Å²) in [6, 6.07) is 23.3. The predicted molar refractivity (Wildman–Crippen MR) is 143 cm³/mol. The molecule has 1 saturated heterocycles. The average molecular weight is 468 g/mol. The molecule has 0 unspecified atom stereocenters. The van der Waals surface area contributed by atoms with Gasteiger partial charge < -0.3 is 20.4 Å². The zero-order chi connectivity index (χ0) is 24.2. The maximum Gasteiger partial charge on any atom is 0.203 e. The van der Waals surface area contributed by atoms with E-state index in [0.717, 1.165) is 42.7 Å². The van der Waals surface area contributed by atoms with Gasteiger partial charge in [0.05, 0.1) is 12.3 Å². The number of hydrogen-bond donors (Lipinski definition) is 2. The van der Waals surface area contributed by atoms with Crippen LogP contribution in [0.4, 0.5) is 0 Å². The smallest absolute Gasteiger partial charge is 0.203 e. The van der Waals surface area contributed by atoms with E-state index in [2.05, 4.69) is 52.3 Å². The molecule has 4 aromatic rings. The summed E-state index contributed by atoms with van der Waals surface area (Å²) < 4.78 is 6.12. The van der Waals surface area contributed by atoms with Gasteiger partial charge in [-0.3, -0.25) is 4.79 Å². The van der Waals surface area contributed by atoms with Gasteiger partial charge in [0.1, 0.15) is 5.75 Å². The summed E-state index contributed by atoms with van der Waals surface area (Å²) in [6.07, 6.45) is 4.82. The van der Waals surface area contributed by atoms with E-state index in [0.29, 0.717) is 23.9 Å². The van der Waals surface area contributed by atoms with Gasteiger partial charge >= 0.3 is 0 Å². The number of likely N-dealkylation sites (tertiary alicyclic amines) is 1. The van der Waals surface area contributed by atoms with E-state index >= 15 is 0 Å². The fraction of sp³-hybridized carbons (Fsp3) is 0.300. The number of benzene rings is 3. The molecule has 0 saturated carbocycles. The first-order valence-electron chi connectivity index (χ1n) is 12.5. The summed E-state index contributed by atoms with van der Waals surface area (Å²) in [6.45, 7) is 5.66. The van der Waals surface area contributed by atoms with Crippen LogP contribution in [-0.2, 0) is 0 Å². The van der Waals surface area contributed by atoms with Crippen LogP contribution in [0.3, 0.4) is 0 Å². The van der Waals surface area contributed by atoms with Gasteiger partial charge in [0.2, 0.25) is 5.78 Å². The number of piperidine rings is 1. The second-order valence-electron chi connectivity index (χ2n) is 9.58. The number of ether oxygens (including phenoxy) is 1. The van der Waals surface area contributed by atoms with Gasteiger partial charge in [-0.15, -0.1) is 0 Å². The standard InChI is InChI=1S/C30H33N3O2/c1-21(31)18-29(34)28-20-26-27(32-28)8-4-9-30(26)35-17-5-14-33-15-12-23(13-16-33)25-11-10-22-6-2-3-7-24(22)19-25/h2-4,6-11,18-20,23,32H,5,12-17,31H2,1H3. The highest BCUT2D eigenvalue weighted by molar-refractivity contribution is 6.07. The summed E-state index contributed by atoms with van der Waals surface area (Å²) in [4.78, 5) is 18.0. The third-order valence-corrected chi connectivity index (χ3v) is 6.96. The van der Waals surface area contributed by atoms with E-state index < -0.39 is 0 Å². The third kappa shape index (κ3) is 5.41. The van der Waals surface area contributed by atoms with E-state index in [4.69, 9.17) is 10.5 Å². The van der Waals surface area contributed by atoms with Crippen molar-refractivity contribution < 1.29 is 9.53 Å². The highest BCUT2D eigenvalue weighted by Crippen LogP contribution is 2.30. The molecule has 1 aliphatic rings. The largest absolute Gasteiger partial charge is 0.493 e. The molecule has 0 bridgehead atoms. The van der Waals surface area contributed by atoms with Gasteiger partial charge in [-0.1, -0.05) is 48.5 Å². The number of H-pyrrole nitrogens is 1. The average Bonchev–Trinajstić information content (AvgIpc) is 3.32. The van der Waals surface area contributed by atoms with Crippen LogP contribution >= 0.6 is 0 Å². The first-order valence-corrected chi connectivity index (χ1v) is 12.5. The molecule has 5 heteroatoms. The molecule has 2 heterocycles. The number of nitrogens with one attached hydrogen (secondary N) is 1. The lowest BCUT2D eigenvalue weighted by Crippen LogP contribution is -2.34. The molecule has 0 aliphatic carbocycles. The molecule has 5 nitrogen and oxygen atoms in total. The minimum atomic E-state index is -0.126. The van der Waals surface area contributed by atoms with Crippen molar-refractivity contribution in [1.82, 2.24) is 9.88 Å². The Kier molecular flexibility index (Phi) is 6.87. The lowest BCUT2D eigenvalue weighted by Gasteiger charge is -2.32. The molecule has 1 fully saturated rings. The normalized spacial score (nSPS) is 15.6. The van der Waals surface area contributed by atoms with E-state index in [1.54, 1.807) is 6.92 Å². The van der Waals surface area contributed by atoms with Crippen molar-refractivity contribution in [3.8, 4) is 5.75 Å². The molecular formula is C30H33N3O2. The molecule has 1 aliphatic heterocycles. The summed E-state index contributed by atoms with van der Waals surface area (Å²) in [5.41, 5.74) is 9.03. The monoisotopic (exact) mass is 467 g/mol. The van der Waals surface area contributed by atoms with Gasteiger partial charge in [0, 0.05) is 29.2 Å². The topological polar surface area (TPSA) is 71.4 Å². The number of fused-ring (bicyclic) bond motifs is 2. The van der Waals surface area contributed by atoms with Crippen molar-refractivity contribution in [2.45, 2.75) is 32.1 Å². The molecule has 35 heavy (non-hydrogen) atoms. The molecule has 0 atom stereocenters. The minimum absolute atomic E-state index is 0.126. The predicted octanol–water partition coefficient (Wildman–Crippen LogP) is 6.01. The number of rotatable bonds is 8. The van der Waals surface area contributed by atoms with Crippen LogP contribution in [-0.4, -0.2) is 41.9 Å². The number of aromatic amines is 1. The zero-order valence-electron chi connectivity index (χ0n) is 20.3. The number of ketones is 1. The van der Waals surface area contributed by atoms with Crippen molar-refractivity contribution in [2.75, 3.05) is 26.2 Å². The van der Waals surface area contributed by atoms with Crippen molar-refractivity contribution in [3.05, 3.63) is 89.8 Å². The van der Waals surface area contributed by atoms with Crippen LogP contribution < -0.4 is 10.5 Å². The Morgan fingerprint density at radius 1 is 1.06 bits per heavy atom. The Morgan fingerprint density at radius 2 is 1.86 bits per heavy atom. The number of aromatic nitrogens is 1. The fourth-order valence-electron chi connectivity index (χ4n) is 5.09. The highest BCUT2D eigenvalue weighted by atomic mass is 16.5. The molecule has 0 amide bonds. The Labute approximate surface area is 206 Å². The van der Waals surface area contributed by atoms with Crippen LogP contribution in [0.5, 0.6) is 5.75 Å². The second kappa shape index (κ2) is 10.4. The van der Waals surface area contributed by atoms with Crippen molar-refractivity contribution in [2.24, 2.45) is 5.73 Å². The van der Waals surface area contributed by atoms with Crippen LogP contribution in [0.2, 0.25) is 0 Å². The van der Waals surface area contributed by atoms with Gasteiger partial charge in [-0.2, -0.15) is 0 Å². The number of carbonyl (C=O) groups is 1. The summed E-state index contributed by atoms with van der Waals surface area (Å²) in [5, 5.41) is 3.58. The number of nitrogens with zero attached hydrogens (tertiary/aromatic N) is 1. The first kappa shape index (κ1) is 23.2. The zero-order valence-corrected chi connectivity index (χ0v) is 20.3. The van der Waals surface area contributed by atoms with Crippen LogP contribution in [0, 0.1) is 0 Å². The molecular weight excluding hydrogens is 434 g/mol. The summed E-state index contributed by atoms with van der Waals surface area (Å²) in [5.74, 6) is 1.33. The van der Waals surface area contributed by atoms with Crippen LogP contribution in [0.15, 0.2) is 78.5 Å². The number of allylic oxidation sites excluding steroid dienone is 2. The highest BCUT2D eigenvalue weighted by Gasteiger charge is 2.20. The lowest BCUT2D eigenvalue weighted by atomic mass is 9.88. The van der Waals surface area contributed by atoms with Crippen LogP contribution in [0.25, 0.3) is 21.7 Å². The number of hydrogen-bond acceptors (Lipinski definition) is 4. The van der Waals surface area contributed by atoms with Gasteiger partial charge in [0.25, 0.3) is 0 Å². The van der Waals surface area contributed by atoms with E-state index in [9.17, 15) is 4.79 Å². The molecule has 3 N–H and O–H groups in total. The Bertz CT molecular complexity index is 1360. The summed E-state index contributed by atoms with van der Waals surface area (Å²) in [7, 11) is 0. The molecule has 3 aromatic carbocycles. The fourth-order valence-corrected chi connectivity index (χ4v) is 5.09. The van der Waals surface area contributed by atoms with Gasteiger partial charge in [-0.25, -0.2) is 0 Å². The Balaban J connectivity index is 1.11. The van der Waals surface area contributed by atoms with Crippen molar-refractivity contribution in [3.63, 3.8) is 0 Å². The van der Waals surface area contributed by atoms with Gasteiger partial charge in [0.15, 0.2) is 0 Å². The van der Waals surface area contributed by atoms with Gasteiger partial charge in [-0.05, 0) is 79.7 Å². The lowest BCUT2D eigenvalue weighted by molar-refractivity contribution is 0.104. The SMILES string of the molecule is CC(N)=CC(=O)c1cc2c(OCCCN3CCC(c4ccc5ccccc5c4)CC3)cccc2[nH]1. The quantitative estimate of drug-likeness (QED) is 0.189. The van der Waals surface area contributed by atoms with E-state index in [-0.39, 0.29) is 5.78 Å². The number of nitrogens with two attached hydrogens (primary N) is 1. The molecule has 0 spiro atoms. The molecule has 180 valence electrons. The van der Waals surface area contributed by atoms with Crippen molar-refractivity contribution >= 4 is 27.5 Å². The van der Waals surface area contributed by atoms with E-state index in [1.165, 1.54) is 35.3 Å². The second-order valence-corrected chi connectivity index (χ2v) is 9.58. The Morgan fingerprint density at radius 3 is 2.66 bits per heavy atom. The molecule has 0 radical (unpaired) electrons. The minimum Gasteiger partial charge on any atom is -0.493 e. The number of carbonyl (C=O) groups excluding carboxylic acids is 1. The Hall–Kier alpha value is -3.57. The van der Waals surface area contributed by atoms with E-state index in [1.807, 2.05) is 24.3 Å². The first-order chi connectivity index (χ1) is 17.1. The van der Waals surface area contributed by atoms with Crippen LogP contribution in [0.1, 0.15) is 48.2 Å².